The first-order valence-electron chi connectivity index (χ1n) is 6.94. The Morgan fingerprint density at radius 2 is 1.91 bits per heavy atom. The Labute approximate surface area is 130 Å². The van der Waals surface area contributed by atoms with E-state index < -0.39 is 24.5 Å². The number of nitrogens with zero attached hydrogens (tertiary/aromatic N) is 1. The van der Waals surface area contributed by atoms with E-state index in [4.69, 9.17) is 4.74 Å². The number of alkyl halides is 4. The summed E-state index contributed by atoms with van der Waals surface area (Å²) in [7, 11) is 0. The van der Waals surface area contributed by atoms with Crippen molar-refractivity contribution in [3.63, 3.8) is 0 Å². The van der Waals surface area contributed by atoms with Crippen LogP contribution in [0.4, 0.5) is 17.6 Å². The zero-order valence-electron chi connectivity index (χ0n) is 12.4. The van der Waals surface area contributed by atoms with Crippen molar-refractivity contribution in [2.45, 2.75) is 13.1 Å². The van der Waals surface area contributed by atoms with Crippen LogP contribution in [-0.2, 0) is 15.7 Å². The van der Waals surface area contributed by atoms with E-state index >= 15 is 0 Å². The SMILES string of the molecule is CCOC(=O)C1=CN(CF)CC=C1c1ccc(C(F)(F)F)cc1. The lowest BCUT2D eigenvalue weighted by Gasteiger charge is -2.23. The Kier molecular flexibility index (Phi) is 5.08. The third kappa shape index (κ3) is 3.91. The van der Waals surface area contributed by atoms with E-state index in [9.17, 15) is 22.4 Å². The summed E-state index contributed by atoms with van der Waals surface area (Å²) in [4.78, 5) is 13.3. The molecule has 7 heteroatoms. The van der Waals surface area contributed by atoms with Crippen molar-refractivity contribution in [2.75, 3.05) is 20.0 Å². The summed E-state index contributed by atoms with van der Waals surface area (Å²) < 4.78 is 55.6. The Balaban J connectivity index is 2.34. The number of ether oxygens (including phenoxy) is 1. The number of carbonyl (C=O) groups is 1. The molecular formula is C16H15F4NO2. The molecule has 0 fully saturated rings. The fourth-order valence-electron chi connectivity index (χ4n) is 2.19. The number of halogens is 4. The maximum absolute atomic E-state index is 12.8. The lowest BCUT2D eigenvalue weighted by Crippen LogP contribution is -2.24. The van der Waals surface area contributed by atoms with Gasteiger partial charge in [-0.3, -0.25) is 0 Å². The largest absolute Gasteiger partial charge is 0.462 e. The predicted molar refractivity (Wildman–Crippen MR) is 76.8 cm³/mol. The summed E-state index contributed by atoms with van der Waals surface area (Å²) in [5.74, 6) is -0.642. The fourth-order valence-corrected chi connectivity index (χ4v) is 2.19. The van der Waals surface area contributed by atoms with Crippen LogP contribution < -0.4 is 0 Å². The summed E-state index contributed by atoms with van der Waals surface area (Å²) in [5, 5.41) is 0. The molecule has 1 aliphatic rings. The van der Waals surface area contributed by atoms with Crippen LogP contribution in [0.2, 0.25) is 0 Å². The number of hydrogen-bond donors (Lipinski definition) is 0. The highest BCUT2D eigenvalue weighted by atomic mass is 19.4. The molecule has 0 saturated heterocycles. The lowest BCUT2D eigenvalue weighted by atomic mass is 9.95. The van der Waals surface area contributed by atoms with Gasteiger partial charge in [-0.1, -0.05) is 18.2 Å². The van der Waals surface area contributed by atoms with E-state index in [-0.39, 0.29) is 18.7 Å². The van der Waals surface area contributed by atoms with Gasteiger partial charge >= 0.3 is 12.1 Å². The lowest BCUT2D eigenvalue weighted by molar-refractivity contribution is -0.138. The topological polar surface area (TPSA) is 29.5 Å². The highest BCUT2D eigenvalue weighted by Crippen LogP contribution is 2.32. The Morgan fingerprint density at radius 3 is 2.43 bits per heavy atom. The van der Waals surface area contributed by atoms with E-state index in [2.05, 4.69) is 0 Å². The molecule has 0 aromatic heterocycles. The minimum atomic E-state index is -4.43. The minimum absolute atomic E-state index is 0.121. The molecular weight excluding hydrogens is 314 g/mol. The van der Waals surface area contributed by atoms with Crippen LogP contribution in [0.3, 0.4) is 0 Å². The standard InChI is InChI=1S/C16H15F4NO2/c1-2-23-15(22)14-9-21(10-17)8-7-13(14)11-3-5-12(6-4-11)16(18,19)20/h3-7,9H,2,8,10H2,1H3. The van der Waals surface area contributed by atoms with Crippen molar-refractivity contribution in [1.82, 2.24) is 4.90 Å². The van der Waals surface area contributed by atoms with Crippen molar-refractivity contribution >= 4 is 11.5 Å². The first-order chi connectivity index (χ1) is 10.9. The monoisotopic (exact) mass is 329 g/mol. The van der Waals surface area contributed by atoms with Gasteiger partial charge in [0.05, 0.1) is 17.7 Å². The fraction of sp³-hybridized carbons (Fsp3) is 0.312. The van der Waals surface area contributed by atoms with Gasteiger partial charge in [0.2, 0.25) is 0 Å². The van der Waals surface area contributed by atoms with Crippen LogP contribution >= 0.6 is 0 Å². The molecule has 1 aromatic rings. The van der Waals surface area contributed by atoms with Gasteiger partial charge in [0.1, 0.15) is 0 Å². The van der Waals surface area contributed by atoms with Gasteiger partial charge in [-0.2, -0.15) is 13.2 Å². The second-order valence-electron chi connectivity index (χ2n) is 4.85. The molecule has 0 radical (unpaired) electrons. The first-order valence-corrected chi connectivity index (χ1v) is 6.94. The van der Waals surface area contributed by atoms with Crippen molar-refractivity contribution < 1.29 is 27.1 Å². The molecule has 0 bridgehead atoms. The van der Waals surface area contributed by atoms with Crippen LogP contribution in [0, 0.1) is 0 Å². The van der Waals surface area contributed by atoms with Crippen molar-refractivity contribution in [3.05, 3.63) is 53.2 Å². The molecule has 0 atom stereocenters. The van der Waals surface area contributed by atoms with E-state index in [1.807, 2.05) is 0 Å². The molecule has 0 saturated carbocycles. The molecule has 1 aromatic carbocycles. The number of esters is 1. The van der Waals surface area contributed by atoms with Gasteiger partial charge < -0.3 is 9.64 Å². The molecule has 23 heavy (non-hydrogen) atoms. The average molecular weight is 329 g/mol. The second-order valence-corrected chi connectivity index (χ2v) is 4.85. The highest BCUT2D eigenvalue weighted by Gasteiger charge is 2.30. The average Bonchev–Trinajstić information content (AvgIpc) is 2.54. The van der Waals surface area contributed by atoms with Crippen LogP contribution in [0.5, 0.6) is 0 Å². The van der Waals surface area contributed by atoms with E-state index in [0.29, 0.717) is 11.1 Å². The second kappa shape index (κ2) is 6.85. The summed E-state index contributed by atoms with van der Waals surface area (Å²) in [6.45, 7) is 1.22. The maximum Gasteiger partial charge on any atom is 0.416 e. The van der Waals surface area contributed by atoms with Crippen molar-refractivity contribution in [2.24, 2.45) is 0 Å². The van der Waals surface area contributed by atoms with E-state index in [0.717, 1.165) is 12.1 Å². The van der Waals surface area contributed by atoms with Gasteiger partial charge in [-0.05, 0) is 30.2 Å². The number of carbonyl (C=O) groups excluding carboxylic acids is 1. The van der Waals surface area contributed by atoms with Gasteiger partial charge in [0.15, 0.2) is 6.80 Å². The highest BCUT2D eigenvalue weighted by molar-refractivity contribution is 6.06. The molecule has 124 valence electrons. The Hall–Kier alpha value is -2.31. The van der Waals surface area contributed by atoms with Gasteiger partial charge in [0.25, 0.3) is 0 Å². The van der Waals surface area contributed by atoms with Gasteiger partial charge in [-0.15, -0.1) is 0 Å². The number of rotatable bonds is 4. The number of benzene rings is 1. The quantitative estimate of drug-likeness (QED) is 0.478. The third-order valence-electron chi connectivity index (χ3n) is 3.30. The maximum atomic E-state index is 12.8. The molecule has 1 heterocycles. The van der Waals surface area contributed by atoms with E-state index in [1.165, 1.54) is 23.2 Å². The summed E-state index contributed by atoms with van der Waals surface area (Å²) >= 11 is 0. The summed E-state index contributed by atoms with van der Waals surface area (Å²) in [6.07, 6.45) is -1.51. The first kappa shape index (κ1) is 17.1. The Bertz CT molecular complexity index is 632. The summed E-state index contributed by atoms with van der Waals surface area (Å²) in [5.41, 5.74) is 0.220. The normalized spacial score (nSPS) is 15.1. The van der Waals surface area contributed by atoms with E-state index in [1.54, 1.807) is 13.0 Å². The van der Waals surface area contributed by atoms with Crippen molar-refractivity contribution in [3.8, 4) is 0 Å². The van der Waals surface area contributed by atoms with Crippen LogP contribution in [0.25, 0.3) is 5.57 Å². The molecule has 0 aliphatic carbocycles. The zero-order valence-corrected chi connectivity index (χ0v) is 12.4. The molecule has 3 nitrogen and oxygen atoms in total. The minimum Gasteiger partial charge on any atom is -0.462 e. The van der Waals surface area contributed by atoms with Gasteiger partial charge in [0, 0.05) is 12.7 Å². The molecule has 0 N–H and O–H groups in total. The molecule has 0 unspecified atom stereocenters. The molecule has 1 aliphatic heterocycles. The van der Waals surface area contributed by atoms with Crippen LogP contribution in [-0.4, -0.2) is 30.8 Å². The number of hydrogen-bond acceptors (Lipinski definition) is 3. The van der Waals surface area contributed by atoms with Crippen LogP contribution in [0.15, 0.2) is 42.1 Å². The summed E-state index contributed by atoms with van der Waals surface area (Å²) in [6, 6.07) is 4.46. The molecule has 0 amide bonds. The Morgan fingerprint density at radius 1 is 1.26 bits per heavy atom. The zero-order chi connectivity index (χ0) is 17.0. The molecule has 0 spiro atoms. The predicted octanol–water partition coefficient (Wildman–Crippen LogP) is 3.78. The smallest absolute Gasteiger partial charge is 0.416 e. The van der Waals surface area contributed by atoms with Gasteiger partial charge in [-0.25, -0.2) is 9.18 Å². The molecule has 2 rings (SSSR count). The van der Waals surface area contributed by atoms with Crippen LogP contribution in [0.1, 0.15) is 18.1 Å². The third-order valence-corrected chi connectivity index (χ3v) is 3.30. The van der Waals surface area contributed by atoms with Crippen molar-refractivity contribution in [1.29, 1.82) is 0 Å².